The van der Waals surface area contributed by atoms with Gasteiger partial charge in [-0.25, -0.2) is 9.97 Å². The number of anilines is 1. The van der Waals surface area contributed by atoms with E-state index in [0.29, 0.717) is 12.4 Å². The molecule has 0 spiro atoms. The summed E-state index contributed by atoms with van der Waals surface area (Å²) in [5, 5.41) is 2.67. The predicted molar refractivity (Wildman–Crippen MR) is 102 cm³/mol. The standard InChI is InChI=1S/C19H23N5O2/c1-23(2)18-7-5-15(11-21-18)19-22-16-10-14(4-6-17(16)26-19)12-24(3)9-8-20-13-25/h4-7,10-11,13H,8-9,12H2,1-3H3,(H,20,25). The summed E-state index contributed by atoms with van der Waals surface area (Å²) >= 11 is 0. The van der Waals surface area contributed by atoms with Gasteiger partial charge in [-0.3, -0.25) is 4.79 Å². The number of benzene rings is 1. The Morgan fingerprint density at radius 2 is 2.04 bits per heavy atom. The van der Waals surface area contributed by atoms with Crippen LogP contribution in [0.15, 0.2) is 40.9 Å². The molecule has 0 bridgehead atoms. The van der Waals surface area contributed by atoms with Gasteiger partial charge in [-0.1, -0.05) is 6.07 Å². The Morgan fingerprint density at radius 1 is 1.19 bits per heavy atom. The van der Waals surface area contributed by atoms with Crippen LogP contribution in [0.25, 0.3) is 22.6 Å². The van der Waals surface area contributed by atoms with Gasteiger partial charge in [-0.15, -0.1) is 0 Å². The number of fused-ring (bicyclic) bond motifs is 1. The van der Waals surface area contributed by atoms with Crippen LogP contribution < -0.4 is 10.2 Å². The molecule has 0 aliphatic carbocycles. The second-order valence-electron chi connectivity index (χ2n) is 6.43. The Kier molecular flexibility index (Phi) is 5.48. The molecular weight excluding hydrogens is 330 g/mol. The molecule has 0 radical (unpaired) electrons. The minimum atomic E-state index is 0.568. The first-order chi connectivity index (χ1) is 12.6. The van der Waals surface area contributed by atoms with E-state index in [1.807, 2.05) is 56.4 Å². The van der Waals surface area contributed by atoms with E-state index >= 15 is 0 Å². The number of rotatable bonds is 8. The monoisotopic (exact) mass is 353 g/mol. The lowest BCUT2D eigenvalue weighted by Crippen LogP contribution is -2.28. The molecule has 0 fully saturated rings. The second kappa shape index (κ2) is 7.97. The third kappa shape index (κ3) is 4.18. The lowest BCUT2D eigenvalue weighted by Gasteiger charge is -2.15. The molecule has 0 unspecified atom stereocenters. The number of carbonyl (C=O) groups is 1. The minimum absolute atomic E-state index is 0.568. The fourth-order valence-electron chi connectivity index (χ4n) is 2.68. The molecular formula is C19H23N5O2. The van der Waals surface area contributed by atoms with Crippen molar-refractivity contribution in [2.75, 3.05) is 39.1 Å². The maximum atomic E-state index is 10.3. The number of nitrogens with zero attached hydrogens (tertiary/aromatic N) is 4. The summed E-state index contributed by atoms with van der Waals surface area (Å²) < 4.78 is 5.87. The smallest absolute Gasteiger partial charge is 0.228 e. The van der Waals surface area contributed by atoms with Crippen molar-refractivity contribution in [2.24, 2.45) is 0 Å². The van der Waals surface area contributed by atoms with Gasteiger partial charge in [0.25, 0.3) is 0 Å². The van der Waals surface area contributed by atoms with Gasteiger partial charge in [0.05, 0.1) is 5.56 Å². The maximum absolute atomic E-state index is 10.3. The molecule has 7 heteroatoms. The molecule has 7 nitrogen and oxygen atoms in total. The summed E-state index contributed by atoms with van der Waals surface area (Å²) in [6.07, 6.45) is 2.49. The second-order valence-corrected chi connectivity index (χ2v) is 6.43. The van der Waals surface area contributed by atoms with E-state index in [2.05, 4.69) is 20.2 Å². The molecule has 3 rings (SSSR count). The van der Waals surface area contributed by atoms with Gasteiger partial charge >= 0.3 is 0 Å². The summed E-state index contributed by atoms with van der Waals surface area (Å²) in [7, 11) is 5.92. The van der Waals surface area contributed by atoms with Gasteiger partial charge in [-0.2, -0.15) is 0 Å². The number of amides is 1. The number of aromatic nitrogens is 2. The SMILES string of the molecule is CN(CCNC=O)Cc1ccc2oc(-c3ccc(N(C)C)nc3)nc2c1. The Bertz CT molecular complexity index is 873. The van der Waals surface area contributed by atoms with Crippen molar-refractivity contribution in [3.63, 3.8) is 0 Å². The number of pyridine rings is 1. The normalized spacial score (nSPS) is 11.1. The van der Waals surface area contributed by atoms with E-state index in [1.165, 1.54) is 0 Å². The van der Waals surface area contributed by atoms with E-state index in [0.717, 1.165) is 47.5 Å². The number of nitrogens with one attached hydrogen (secondary N) is 1. The van der Waals surface area contributed by atoms with Crippen LogP contribution in [0.2, 0.25) is 0 Å². The third-order valence-electron chi connectivity index (χ3n) is 4.08. The van der Waals surface area contributed by atoms with Crippen LogP contribution in [-0.2, 0) is 11.3 Å². The minimum Gasteiger partial charge on any atom is -0.436 e. The summed E-state index contributed by atoms with van der Waals surface area (Å²) in [5.41, 5.74) is 3.58. The topological polar surface area (TPSA) is 74.5 Å². The van der Waals surface area contributed by atoms with Gasteiger partial charge in [0.15, 0.2) is 5.58 Å². The Hall–Kier alpha value is -2.93. The van der Waals surface area contributed by atoms with Crippen molar-refractivity contribution < 1.29 is 9.21 Å². The summed E-state index contributed by atoms with van der Waals surface area (Å²) in [5.74, 6) is 1.46. The van der Waals surface area contributed by atoms with Crippen LogP contribution in [0.5, 0.6) is 0 Å². The number of oxazole rings is 1. The number of likely N-dealkylation sites (N-methyl/N-ethyl adjacent to an activating group) is 1. The molecule has 0 saturated heterocycles. The fourth-order valence-corrected chi connectivity index (χ4v) is 2.68. The van der Waals surface area contributed by atoms with Crippen molar-refractivity contribution in [1.29, 1.82) is 0 Å². The molecule has 0 aliphatic heterocycles. The van der Waals surface area contributed by atoms with Crippen LogP contribution in [0, 0.1) is 0 Å². The molecule has 0 aliphatic rings. The van der Waals surface area contributed by atoms with Gasteiger partial charge in [0.1, 0.15) is 11.3 Å². The molecule has 0 saturated carbocycles. The van der Waals surface area contributed by atoms with E-state index < -0.39 is 0 Å². The number of carbonyl (C=O) groups excluding carboxylic acids is 1. The average molecular weight is 353 g/mol. The molecule has 1 aromatic carbocycles. The Balaban J connectivity index is 1.75. The first-order valence-corrected chi connectivity index (χ1v) is 8.45. The van der Waals surface area contributed by atoms with Crippen molar-refractivity contribution in [3.05, 3.63) is 42.1 Å². The molecule has 1 amide bonds. The molecule has 26 heavy (non-hydrogen) atoms. The van der Waals surface area contributed by atoms with Crippen molar-refractivity contribution >= 4 is 23.3 Å². The first kappa shape index (κ1) is 17.9. The van der Waals surface area contributed by atoms with Crippen molar-refractivity contribution in [2.45, 2.75) is 6.54 Å². The number of hydrogen-bond donors (Lipinski definition) is 1. The van der Waals surface area contributed by atoms with Crippen LogP contribution in [0.4, 0.5) is 5.82 Å². The highest BCUT2D eigenvalue weighted by Crippen LogP contribution is 2.25. The zero-order chi connectivity index (χ0) is 18.5. The zero-order valence-electron chi connectivity index (χ0n) is 15.3. The van der Waals surface area contributed by atoms with Gasteiger partial charge < -0.3 is 19.5 Å². The molecule has 2 aromatic heterocycles. The summed E-state index contributed by atoms with van der Waals surface area (Å²) in [6, 6.07) is 9.92. The first-order valence-electron chi connectivity index (χ1n) is 8.45. The van der Waals surface area contributed by atoms with Crippen LogP contribution >= 0.6 is 0 Å². The highest BCUT2D eigenvalue weighted by atomic mass is 16.3. The van der Waals surface area contributed by atoms with Crippen molar-refractivity contribution in [1.82, 2.24) is 20.2 Å². The molecule has 3 aromatic rings. The van der Waals surface area contributed by atoms with Gasteiger partial charge in [-0.05, 0) is 36.9 Å². The Labute approximate surface area is 152 Å². The van der Waals surface area contributed by atoms with E-state index in [4.69, 9.17) is 4.42 Å². The molecule has 1 N–H and O–H groups in total. The Morgan fingerprint density at radius 3 is 2.73 bits per heavy atom. The van der Waals surface area contributed by atoms with Gasteiger partial charge in [0.2, 0.25) is 12.3 Å². The molecule has 136 valence electrons. The van der Waals surface area contributed by atoms with Crippen molar-refractivity contribution in [3.8, 4) is 11.5 Å². The summed E-state index contributed by atoms with van der Waals surface area (Å²) in [4.78, 5) is 23.4. The highest BCUT2D eigenvalue weighted by molar-refractivity contribution is 5.76. The lowest BCUT2D eigenvalue weighted by molar-refractivity contribution is -0.109. The summed E-state index contributed by atoms with van der Waals surface area (Å²) in [6.45, 7) is 2.19. The van der Waals surface area contributed by atoms with E-state index in [1.54, 1.807) is 6.20 Å². The van der Waals surface area contributed by atoms with E-state index in [-0.39, 0.29) is 0 Å². The van der Waals surface area contributed by atoms with Gasteiger partial charge in [0, 0.05) is 39.9 Å². The third-order valence-corrected chi connectivity index (χ3v) is 4.08. The molecule has 2 heterocycles. The average Bonchev–Trinajstić information content (AvgIpc) is 3.05. The van der Waals surface area contributed by atoms with Crippen LogP contribution in [-0.4, -0.2) is 55.5 Å². The maximum Gasteiger partial charge on any atom is 0.228 e. The lowest BCUT2D eigenvalue weighted by atomic mass is 10.2. The highest BCUT2D eigenvalue weighted by Gasteiger charge is 2.10. The largest absolute Gasteiger partial charge is 0.436 e. The van der Waals surface area contributed by atoms with Crippen LogP contribution in [0.1, 0.15) is 5.56 Å². The predicted octanol–water partition coefficient (Wildman–Crippen LogP) is 2.13. The zero-order valence-corrected chi connectivity index (χ0v) is 15.3. The molecule has 0 atom stereocenters. The fraction of sp³-hybridized carbons (Fsp3) is 0.316. The van der Waals surface area contributed by atoms with E-state index in [9.17, 15) is 4.79 Å². The quantitative estimate of drug-likeness (QED) is 0.494. The number of hydrogen-bond acceptors (Lipinski definition) is 6. The van der Waals surface area contributed by atoms with Crippen LogP contribution in [0.3, 0.4) is 0 Å².